The van der Waals surface area contributed by atoms with Gasteiger partial charge in [-0.3, -0.25) is 4.90 Å². The first-order valence-corrected chi connectivity index (χ1v) is 8.79. The smallest absolute Gasteiger partial charge is 0.167 e. The Morgan fingerprint density at radius 1 is 1.24 bits per heavy atom. The maximum absolute atomic E-state index is 11.4. The van der Waals surface area contributed by atoms with Crippen molar-refractivity contribution in [1.29, 1.82) is 0 Å². The molecule has 1 fully saturated rings. The molecule has 1 aliphatic heterocycles. The van der Waals surface area contributed by atoms with Crippen LogP contribution in [-0.2, 0) is 16.4 Å². The van der Waals surface area contributed by atoms with Gasteiger partial charge in [0.15, 0.2) is 15.6 Å². The van der Waals surface area contributed by atoms with E-state index in [-0.39, 0.29) is 11.5 Å². The standard InChI is InChI=1S/C15H18N2O3S/c1-12-9-15(20-16-12)14-4-2-3-13(10-14)11-17-5-7-21(18,19)8-6-17/h2-4,9-10H,5-8,11H2,1H3. The van der Waals surface area contributed by atoms with Crippen LogP contribution < -0.4 is 0 Å². The second-order valence-corrected chi connectivity index (χ2v) is 7.76. The largest absolute Gasteiger partial charge is 0.356 e. The summed E-state index contributed by atoms with van der Waals surface area (Å²) in [6.07, 6.45) is 0. The van der Waals surface area contributed by atoms with E-state index in [1.807, 2.05) is 25.1 Å². The molecule has 0 radical (unpaired) electrons. The molecule has 3 rings (SSSR count). The zero-order valence-corrected chi connectivity index (χ0v) is 12.8. The molecule has 0 aliphatic carbocycles. The summed E-state index contributed by atoms with van der Waals surface area (Å²) in [6.45, 7) is 3.86. The lowest BCUT2D eigenvalue weighted by atomic mass is 10.1. The molecular formula is C15H18N2O3S. The molecular weight excluding hydrogens is 288 g/mol. The topological polar surface area (TPSA) is 63.4 Å². The number of hydrogen-bond donors (Lipinski definition) is 0. The normalized spacial score (nSPS) is 18.7. The molecule has 21 heavy (non-hydrogen) atoms. The van der Waals surface area contributed by atoms with Crippen molar-refractivity contribution in [1.82, 2.24) is 10.1 Å². The maximum atomic E-state index is 11.4. The van der Waals surface area contributed by atoms with E-state index < -0.39 is 9.84 Å². The van der Waals surface area contributed by atoms with Crippen molar-refractivity contribution < 1.29 is 12.9 Å². The highest BCUT2D eigenvalue weighted by Gasteiger charge is 2.21. The van der Waals surface area contributed by atoms with Gasteiger partial charge in [0, 0.05) is 31.3 Å². The molecule has 0 amide bonds. The number of sulfone groups is 1. The van der Waals surface area contributed by atoms with Gasteiger partial charge in [0.05, 0.1) is 17.2 Å². The van der Waals surface area contributed by atoms with E-state index in [1.165, 1.54) is 0 Å². The Labute approximate surface area is 124 Å². The van der Waals surface area contributed by atoms with Crippen LogP contribution in [0.5, 0.6) is 0 Å². The van der Waals surface area contributed by atoms with Crippen molar-refractivity contribution in [3.05, 3.63) is 41.6 Å². The molecule has 0 spiro atoms. The summed E-state index contributed by atoms with van der Waals surface area (Å²) in [7, 11) is -2.82. The molecule has 0 bridgehead atoms. The highest BCUT2D eigenvalue weighted by Crippen LogP contribution is 2.22. The van der Waals surface area contributed by atoms with Gasteiger partial charge in [0.25, 0.3) is 0 Å². The summed E-state index contributed by atoms with van der Waals surface area (Å²) in [6, 6.07) is 10.0. The average molecular weight is 306 g/mol. The number of benzene rings is 1. The van der Waals surface area contributed by atoms with Crippen molar-refractivity contribution in [2.45, 2.75) is 13.5 Å². The van der Waals surface area contributed by atoms with Crippen LogP contribution in [0.25, 0.3) is 11.3 Å². The fourth-order valence-corrected chi connectivity index (χ4v) is 3.77. The predicted molar refractivity (Wildman–Crippen MR) is 80.6 cm³/mol. The van der Waals surface area contributed by atoms with Gasteiger partial charge in [-0.1, -0.05) is 23.4 Å². The number of aryl methyl sites for hydroxylation is 1. The van der Waals surface area contributed by atoms with Crippen LogP contribution in [0.15, 0.2) is 34.9 Å². The van der Waals surface area contributed by atoms with Gasteiger partial charge in [-0.05, 0) is 18.6 Å². The quantitative estimate of drug-likeness (QED) is 0.866. The van der Waals surface area contributed by atoms with Crippen molar-refractivity contribution in [3.63, 3.8) is 0 Å². The van der Waals surface area contributed by atoms with Crippen molar-refractivity contribution in [2.75, 3.05) is 24.6 Å². The van der Waals surface area contributed by atoms with E-state index in [0.717, 1.165) is 29.1 Å². The summed E-state index contributed by atoms with van der Waals surface area (Å²) < 4.78 is 28.2. The Balaban J connectivity index is 1.72. The average Bonchev–Trinajstić information content (AvgIpc) is 2.88. The number of rotatable bonds is 3. The van der Waals surface area contributed by atoms with Crippen LogP contribution >= 0.6 is 0 Å². The Bertz CT molecular complexity index is 723. The SMILES string of the molecule is Cc1cc(-c2cccc(CN3CCS(=O)(=O)CC3)c2)on1. The highest BCUT2D eigenvalue weighted by molar-refractivity contribution is 7.91. The predicted octanol–water partition coefficient (Wildman–Crippen LogP) is 1.88. The molecule has 0 N–H and O–H groups in total. The third kappa shape index (κ3) is 3.51. The molecule has 0 saturated carbocycles. The molecule has 1 saturated heterocycles. The molecule has 0 unspecified atom stereocenters. The van der Waals surface area contributed by atoms with Crippen LogP contribution in [0.2, 0.25) is 0 Å². The van der Waals surface area contributed by atoms with Gasteiger partial charge in [0.1, 0.15) is 0 Å². The second-order valence-electron chi connectivity index (χ2n) is 5.46. The van der Waals surface area contributed by atoms with Gasteiger partial charge >= 0.3 is 0 Å². The summed E-state index contributed by atoms with van der Waals surface area (Å²) in [4.78, 5) is 2.17. The lowest BCUT2D eigenvalue weighted by Gasteiger charge is -2.26. The molecule has 112 valence electrons. The minimum Gasteiger partial charge on any atom is -0.356 e. The Morgan fingerprint density at radius 3 is 2.67 bits per heavy atom. The molecule has 1 aromatic carbocycles. The van der Waals surface area contributed by atoms with Crippen molar-refractivity contribution in [3.8, 4) is 11.3 Å². The van der Waals surface area contributed by atoms with Gasteiger partial charge in [-0.25, -0.2) is 8.42 Å². The first-order valence-electron chi connectivity index (χ1n) is 6.97. The molecule has 5 nitrogen and oxygen atoms in total. The molecule has 2 heterocycles. The molecule has 2 aromatic rings. The third-order valence-electron chi connectivity index (χ3n) is 3.68. The molecule has 0 atom stereocenters. The van der Waals surface area contributed by atoms with Crippen molar-refractivity contribution in [2.24, 2.45) is 0 Å². The van der Waals surface area contributed by atoms with E-state index in [4.69, 9.17) is 4.52 Å². The van der Waals surface area contributed by atoms with Gasteiger partial charge in [0.2, 0.25) is 0 Å². The van der Waals surface area contributed by atoms with Crippen LogP contribution in [0.3, 0.4) is 0 Å². The van der Waals surface area contributed by atoms with Crippen LogP contribution in [-0.4, -0.2) is 43.1 Å². The maximum Gasteiger partial charge on any atom is 0.167 e. The van der Waals surface area contributed by atoms with E-state index in [1.54, 1.807) is 0 Å². The molecule has 1 aliphatic rings. The number of aromatic nitrogens is 1. The summed E-state index contributed by atoms with van der Waals surface area (Å²) >= 11 is 0. The van der Waals surface area contributed by atoms with E-state index in [2.05, 4.69) is 22.2 Å². The lowest BCUT2D eigenvalue weighted by molar-refractivity contribution is 0.287. The van der Waals surface area contributed by atoms with Crippen LogP contribution in [0.1, 0.15) is 11.3 Å². The Morgan fingerprint density at radius 2 is 2.00 bits per heavy atom. The monoisotopic (exact) mass is 306 g/mol. The summed E-state index contributed by atoms with van der Waals surface area (Å²) in [5.41, 5.74) is 3.01. The Kier molecular flexibility index (Phi) is 3.82. The fourth-order valence-electron chi connectivity index (χ4n) is 2.49. The van der Waals surface area contributed by atoms with E-state index in [0.29, 0.717) is 13.1 Å². The zero-order valence-electron chi connectivity index (χ0n) is 11.9. The van der Waals surface area contributed by atoms with Crippen molar-refractivity contribution >= 4 is 9.84 Å². The first-order chi connectivity index (χ1) is 10.0. The van der Waals surface area contributed by atoms with Crippen LogP contribution in [0.4, 0.5) is 0 Å². The summed E-state index contributed by atoms with van der Waals surface area (Å²) in [5, 5.41) is 3.90. The van der Waals surface area contributed by atoms with Crippen LogP contribution in [0, 0.1) is 6.92 Å². The zero-order chi connectivity index (χ0) is 14.9. The Hall–Kier alpha value is -1.66. The molecule has 6 heteroatoms. The van der Waals surface area contributed by atoms with Gasteiger partial charge < -0.3 is 4.52 Å². The first kappa shape index (κ1) is 14.3. The summed E-state index contributed by atoms with van der Waals surface area (Å²) in [5.74, 6) is 1.28. The second kappa shape index (κ2) is 5.61. The number of nitrogens with zero attached hydrogens (tertiary/aromatic N) is 2. The van der Waals surface area contributed by atoms with Gasteiger partial charge in [-0.15, -0.1) is 0 Å². The molecule has 1 aromatic heterocycles. The van der Waals surface area contributed by atoms with Gasteiger partial charge in [-0.2, -0.15) is 0 Å². The van der Waals surface area contributed by atoms with E-state index >= 15 is 0 Å². The minimum absolute atomic E-state index is 0.258. The lowest BCUT2D eigenvalue weighted by Crippen LogP contribution is -2.39. The fraction of sp³-hybridized carbons (Fsp3) is 0.400. The highest BCUT2D eigenvalue weighted by atomic mass is 32.2. The minimum atomic E-state index is -2.82. The number of hydrogen-bond acceptors (Lipinski definition) is 5. The van der Waals surface area contributed by atoms with E-state index in [9.17, 15) is 8.42 Å². The third-order valence-corrected chi connectivity index (χ3v) is 5.29.